The van der Waals surface area contributed by atoms with Gasteiger partial charge in [0.1, 0.15) is 0 Å². The van der Waals surface area contributed by atoms with Crippen LogP contribution in [-0.4, -0.2) is 27.2 Å². The number of nitrogens with zero attached hydrogens (tertiary/aromatic N) is 1. The summed E-state index contributed by atoms with van der Waals surface area (Å²) in [4.78, 5) is 18.4. The fourth-order valence-corrected chi connectivity index (χ4v) is 2.79. The molecule has 1 aliphatic carbocycles. The van der Waals surface area contributed by atoms with Crippen LogP contribution in [0.25, 0.3) is 16.6 Å². The lowest BCUT2D eigenvalue weighted by molar-refractivity contribution is 0.189. The van der Waals surface area contributed by atoms with Crippen LogP contribution in [0, 0.1) is 0 Å². The van der Waals surface area contributed by atoms with Gasteiger partial charge in [0, 0.05) is 24.0 Å². The lowest BCUT2D eigenvalue weighted by Gasteiger charge is -2.11. The van der Waals surface area contributed by atoms with E-state index in [4.69, 9.17) is 5.11 Å². The molecule has 1 unspecified atom stereocenters. The maximum Gasteiger partial charge on any atom is 0.404 e. The molecule has 2 aromatic heterocycles. The Morgan fingerprint density at radius 1 is 1.50 bits per heavy atom. The average Bonchev–Trinajstić information content (AvgIpc) is 2.73. The quantitative estimate of drug-likeness (QED) is 0.785. The third-order valence-corrected chi connectivity index (χ3v) is 3.76. The van der Waals surface area contributed by atoms with Gasteiger partial charge in [-0.05, 0) is 43.4 Å². The van der Waals surface area contributed by atoms with Crippen molar-refractivity contribution in [1.29, 1.82) is 0 Å². The predicted molar refractivity (Wildman–Crippen MR) is 77.5 cm³/mol. The van der Waals surface area contributed by atoms with E-state index in [1.807, 2.05) is 18.3 Å². The van der Waals surface area contributed by atoms with E-state index in [0.717, 1.165) is 42.3 Å². The Hall–Kier alpha value is -2.30. The van der Waals surface area contributed by atoms with Crippen molar-refractivity contribution in [2.45, 2.75) is 31.7 Å². The van der Waals surface area contributed by atoms with Crippen LogP contribution >= 0.6 is 0 Å². The number of fused-ring (bicyclic) bond motifs is 1. The highest BCUT2D eigenvalue weighted by Crippen LogP contribution is 2.30. The molecule has 20 heavy (non-hydrogen) atoms. The first-order valence-electron chi connectivity index (χ1n) is 6.85. The molecule has 0 aliphatic heterocycles. The lowest BCUT2D eigenvalue weighted by atomic mass is 10.0. The van der Waals surface area contributed by atoms with E-state index in [1.54, 1.807) is 6.20 Å². The number of allylic oxidation sites excluding steroid dienone is 1. The Morgan fingerprint density at radius 3 is 3.25 bits per heavy atom. The number of hydrogen-bond acceptors (Lipinski definition) is 2. The van der Waals surface area contributed by atoms with Crippen molar-refractivity contribution in [2.24, 2.45) is 0 Å². The standard InChI is InChI=1S/C15H17N3O2/c19-15(20)18-11-4-1-3-10(6-7-11)12-9-17-13-5-2-8-16-14(12)13/h2,5-6,8-9,11,17-18H,1,3-4,7H2,(H,19,20). The predicted octanol–water partition coefficient (Wildman–Crippen LogP) is 3.16. The molecule has 0 fully saturated rings. The maximum absolute atomic E-state index is 10.7. The van der Waals surface area contributed by atoms with Crippen molar-refractivity contribution in [3.63, 3.8) is 0 Å². The molecule has 1 aliphatic rings. The zero-order valence-electron chi connectivity index (χ0n) is 11.1. The van der Waals surface area contributed by atoms with Gasteiger partial charge in [-0.1, -0.05) is 6.08 Å². The molecule has 1 amide bonds. The fourth-order valence-electron chi connectivity index (χ4n) is 2.79. The zero-order chi connectivity index (χ0) is 13.9. The smallest absolute Gasteiger partial charge is 0.404 e. The molecule has 0 aromatic carbocycles. The lowest BCUT2D eigenvalue weighted by Crippen LogP contribution is -2.32. The minimum Gasteiger partial charge on any atom is -0.465 e. The highest BCUT2D eigenvalue weighted by Gasteiger charge is 2.17. The number of carboxylic acid groups (broad SMARTS) is 1. The molecule has 0 bridgehead atoms. The number of aromatic amines is 1. The molecule has 5 heteroatoms. The number of nitrogens with one attached hydrogen (secondary N) is 2. The molecule has 104 valence electrons. The van der Waals surface area contributed by atoms with Gasteiger partial charge in [-0.3, -0.25) is 4.98 Å². The Labute approximate surface area is 116 Å². The van der Waals surface area contributed by atoms with Crippen LogP contribution in [0.1, 0.15) is 31.2 Å². The monoisotopic (exact) mass is 271 g/mol. The summed E-state index contributed by atoms with van der Waals surface area (Å²) in [5.41, 5.74) is 4.41. The molecular weight excluding hydrogens is 254 g/mol. The largest absolute Gasteiger partial charge is 0.465 e. The second-order valence-corrected chi connectivity index (χ2v) is 5.11. The van der Waals surface area contributed by atoms with Crippen LogP contribution in [0.2, 0.25) is 0 Å². The summed E-state index contributed by atoms with van der Waals surface area (Å²) in [6.07, 6.45) is 8.55. The second-order valence-electron chi connectivity index (χ2n) is 5.11. The third kappa shape index (κ3) is 2.52. The summed E-state index contributed by atoms with van der Waals surface area (Å²) >= 11 is 0. The average molecular weight is 271 g/mol. The van der Waals surface area contributed by atoms with Gasteiger partial charge >= 0.3 is 6.09 Å². The summed E-state index contributed by atoms with van der Waals surface area (Å²) in [5, 5.41) is 11.4. The topological polar surface area (TPSA) is 78.0 Å². The van der Waals surface area contributed by atoms with Crippen molar-refractivity contribution in [2.75, 3.05) is 0 Å². The minimum absolute atomic E-state index is 0.0168. The van der Waals surface area contributed by atoms with E-state index in [-0.39, 0.29) is 6.04 Å². The van der Waals surface area contributed by atoms with Crippen LogP contribution in [0.3, 0.4) is 0 Å². The number of pyridine rings is 1. The first-order chi connectivity index (χ1) is 9.74. The molecule has 3 N–H and O–H groups in total. The van der Waals surface area contributed by atoms with Crippen molar-refractivity contribution < 1.29 is 9.90 Å². The number of rotatable bonds is 2. The normalized spacial score (nSPS) is 19.4. The number of amides is 1. The molecule has 3 rings (SSSR count). The van der Waals surface area contributed by atoms with Crippen molar-refractivity contribution in [1.82, 2.24) is 15.3 Å². The molecule has 1 atom stereocenters. The van der Waals surface area contributed by atoms with Crippen molar-refractivity contribution in [3.8, 4) is 0 Å². The molecule has 5 nitrogen and oxygen atoms in total. The van der Waals surface area contributed by atoms with E-state index < -0.39 is 6.09 Å². The third-order valence-electron chi connectivity index (χ3n) is 3.76. The molecular formula is C15H17N3O2. The van der Waals surface area contributed by atoms with Gasteiger partial charge in [0.2, 0.25) is 0 Å². The number of H-pyrrole nitrogens is 1. The summed E-state index contributed by atoms with van der Waals surface area (Å²) < 4.78 is 0. The fraction of sp³-hybridized carbons (Fsp3) is 0.333. The summed E-state index contributed by atoms with van der Waals surface area (Å²) in [5.74, 6) is 0. The van der Waals surface area contributed by atoms with Crippen molar-refractivity contribution >= 4 is 22.7 Å². The zero-order valence-corrected chi connectivity index (χ0v) is 11.1. The minimum atomic E-state index is -0.944. The summed E-state index contributed by atoms with van der Waals surface area (Å²) in [6.45, 7) is 0. The molecule has 0 saturated carbocycles. The Morgan fingerprint density at radius 2 is 2.40 bits per heavy atom. The first kappa shape index (κ1) is 12.7. The summed E-state index contributed by atoms with van der Waals surface area (Å²) in [7, 11) is 0. The Balaban J connectivity index is 1.86. The Kier molecular flexibility index (Phi) is 3.41. The van der Waals surface area contributed by atoms with Gasteiger partial charge in [-0.2, -0.15) is 0 Å². The van der Waals surface area contributed by atoms with Crippen molar-refractivity contribution in [3.05, 3.63) is 36.2 Å². The Bertz CT molecular complexity index is 660. The van der Waals surface area contributed by atoms with Gasteiger partial charge in [0.05, 0.1) is 11.0 Å². The first-order valence-corrected chi connectivity index (χ1v) is 6.85. The highest BCUT2D eigenvalue weighted by atomic mass is 16.4. The molecule has 0 spiro atoms. The van der Waals surface area contributed by atoms with E-state index >= 15 is 0 Å². The van der Waals surface area contributed by atoms with Crippen LogP contribution in [0.5, 0.6) is 0 Å². The van der Waals surface area contributed by atoms with Crippen LogP contribution < -0.4 is 5.32 Å². The number of hydrogen-bond donors (Lipinski definition) is 3. The van der Waals surface area contributed by atoms with E-state index in [0.29, 0.717) is 0 Å². The van der Waals surface area contributed by atoms with E-state index in [1.165, 1.54) is 5.57 Å². The van der Waals surface area contributed by atoms with Gasteiger partial charge in [-0.15, -0.1) is 0 Å². The molecule has 0 radical (unpaired) electrons. The molecule has 2 aromatic rings. The van der Waals surface area contributed by atoms with Crippen LogP contribution in [0.15, 0.2) is 30.6 Å². The summed E-state index contributed by atoms with van der Waals surface area (Å²) in [6, 6.07) is 3.94. The maximum atomic E-state index is 10.7. The van der Waals surface area contributed by atoms with E-state index in [2.05, 4.69) is 21.4 Å². The molecule has 0 saturated heterocycles. The van der Waals surface area contributed by atoms with E-state index in [9.17, 15) is 4.79 Å². The van der Waals surface area contributed by atoms with Gasteiger partial charge in [0.15, 0.2) is 0 Å². The molecule has 2 heterocycles. The SMILES string of the molecule is O=C(O)NC1CC=C(c2c[nH]c3cccnc23)CCC1. The number of aromatic nitrogens is 2. The van der Waals surface area contributed by atoms with Crippen LogP contribution in [-0.2, 0) is 0 Å². The van der Waals surface area contributed by atoms with Crippen LogP contribution in [0.4, 0.5) is 4.79 Å². The van der Waals surface area contributed by atoms with Gasteiger partial charge in [-0.25, -0.2) is 4.79 Å². The second kappa shape index (κ2) is 5.36. The van der Waals surface area contributed by atoms with Gasteiger partial charge in [0.25, 0.3) is 0 Å². The highest BCUT2D eigenvalue weighted by molar-refractivity contribution is 5.89. The number of carbonyl (C=O) groups is 1. The van der Waals surface area contributed by atoms with Gasteiger partial charge < -0.3 is 15.4 Å².